The van der Waals surface area contributed by atoms with Crippen LogP contribution in [0.3, 0.4) is 0 Å². The van der Waals surface area contributed by atoms with E-state index in [1.807, 2.05) is 0 Å². The van der Waals surface area contributed by atoms with Gasteiger partial charge in [0.1, 0.15) is 6.10 Å². The summed E-state index contributed by atoms with van der Waals surface area (Å²) >= 11 is 0. The maximum Gasteiger partial charge on any atom is 0.303 e. The van der Waals surface area contributed by atoms with Gasteiger partial charge in [-0.05, 0) is 233 Å². The van der Waals surface area contributed by atoms with Gasteiger partial charge < -0.3 is 78.0 Å². The summed E-state index contributed by atoms with van der Waals surface area (Å²) in [5.41, 5.74) is -1.78. The molecule has 10 saturated carbocycles. The molecule has 19 nitrogen and oxygen atoms in total. The predicted octanol–water partition coefficient (Wildman–Crippen LogP) is 10.9. The molecule has 8 unspecified atom stereocenters. The zero-order chi connectivity index (χ0) is 73.6. The van der Waals surface area contributed by atoms with Gasteiger partial charge in [0.15, 0.2) is 18.7 Å². The molecule has 604 valence electrons. The van der Waals surface area contributed by atoms with Crippen LogP contribution in [0.2, 0.25) is 0 Å². The van der Waals surface area contributed by atoms with Crippen molar-refractivity contribution in [1.82, 2.24) is 19.6 Å². The molecule has 16 fully saturated rings. The van der Waals surface area contributed by atoms with E-state index < -0.39 is 53.8 Å². The number of aliphatic hydroxyl groups excluding tert-OH is 3. The van der Waals surface area contributed by atoms with Crippen LogP contribution in [0.4, 0.5) is 0 Å². The monoisotopic (exact) mass is 1480 g/mol. The Labute approximate surface area is 634 Å². The van der Waals surface area contributed by atoms with Crippen LogP contribution in [0, 0.1) is 113 Å². The Hall–Kier alpha value is -1.21. The third kappa shape index (κ3) is 12.7. The second-order valence-electron chi connectivity index (χ2n) is 41.5. The summed E-state index contributed by atoms with van der Waals surface area (Å²) in [5, 5.41) is 57.9. The van der Waals surface area contributed by atoms with E-state index in [1.165, 1.54) is 71.4 Å². The van der Waals surface area contributed by atoms with E-state index in [9.17, 15) is 30.3 Å². The molecule has 0 bridgehead atoms. The van der Waals surface area contributed by atoms with Gasteiger partial charge in [-0.3, -0.25) is 14.6 Å². The Morgan fingerprint density at radius 2 is 0.924 bits per heavy atom. The van der Waals surface area contributed by atoms with Crippen molar-refractivity contribution in [2.24, 2.45) is 113 Å². The molecule has 0 aromatic rings. The normalized spacial score (nSPS) is 48.9. The summed E-state index contributed by atoms with van der Waals surface area (Å²) in [5.74, 6) is 4.23. The van der Waals surface area contributed by atoms with E-state index in [1.54, 1.807) is 41.9 Å². The third-order valence-electron chi connectivity index (χ3n) is 35.1. The van der Waals surface area contributed by atoms with Crippen molar-refractivity contribution >= 4 is 5.97 Å². The minimum absolute atomic E-state index is 0. The van der Waals surface area contributed by atoms with Crippen LogP contribution in [0.25, 0.3) is 0 Å². The number of fused-ring (bicyclic) bond motifs is 8. The van der Waals surface area contributed by atoms with Crippen molar-refractivity contribution in [3.63, 3.8) is 0 Å². The maximum absolute atomic E-state index is 12.6. The van der Waals surface area contributed by atoms with Crippen molar-refractivity contribution in [2.75, 3.05) is 119 Å². The second kappa shape index (κ2) is 28.7. The number of carbonyl (C=O) groups excluding carboxylic acids is 1. The fourth-order valence-corrected chi connectivity index (χ4v) is 30.1. The number of ether oxygens (including phenoxy) is 9. The number of esters is 1. The zero-order valence-corrected chi connectivity index (χ0v) is 66.9. The highest BCUT2D eigenvalue weighted by molar-refractivity contribution is 5.66. The van der Waals surface area contributed by atoms with E-state index in [-0.39, 0.29) is 113 Å². The summed E-state index contributed by atoms with van der Waals surface area (Å²) in [7, 11) is 3.56. The molecular weight excluding hydrogens is 1330 g/mol. The Balaban J connectivity index is 0.000000183. The molecule has 0 radical (unpaired) electrons. The van der Waals surface area contributed by atoms with Gasteiger partial charge in [-0.2, -0.15) is 0 Å². The molecule has 5 N–H and O–H groups in total. The van der Waals surface area contributed by atoms with Crippen LogP contribution < -0.4 is 0 Å². The zero-order valence-electron chi connectivity index (χ0n) is 66.9. The fourth-order valence-electron chi connectivity index (χ4n) is 30.1. The van der Waals surface area contributed by atoms with E-state index in [4.69, 9.17) is 42.6 Å². The van der Waals surface area contributed by atoms with Crippen molar-refractivity contribution in [3.05, 3.63) is 0 Å². The van der Waals surface area contributed by atoms with Crippen LogP contribution in [-0.4, -0.2) is 255 Å². The lowest BCUT2D eigenvalue weighted by Gasteiger charge is -2.64. The number of methoxy groups -OCH3 is 2. The topological polar surface area (TPSA) is 214 Å². The highest BCUT2D eigenvalue weighted by Gasteiger charge is 2.87. The first-order valence-corrected chi connectivity index (χ1v) is 41.8. The molecule has 16 rings (SSSR count). The number of hydrogen-bond acceptors (Lipinski definition) is 19. The molecule has 10 aliphatic carbocycles. The SMILES string of the molecule is C.C.COCCN1CC(CN2CCO[C@@H](O[C@H]3CCC45C[C@]46CC[C@]4(C)[C@@H]7C(OC([C@H](O)C(C)(C)O)C[C@H]7C)[C@H](O)[C@@]4(C)C6CC[C@H]5C3(C)C)C2)C1.COCCN1CC(CN2CCO[C@@H](O[C@H]3CCC45C[C@]46CC[C@]4(C)[C@@H]7C(OC([C@H](OC(C)=O)C(C)(C)O)C[C@H]7C)[C@H](O)[C@@]4(C)C6CC[C@H]5C3(C)C)C2)C1. The van der Waals surface area contributed by atoms with Gasteiger partial charge in [0.2, 0.25) is 0 Å². The number of rotatable bonds is 19. The summed E-state index contributed by atoms with van der Waals surface area (Å²) < 4.78 is 56.4. The van der Waals surface area contributed by atoms with Gasteiger partial charge in [0.05, 0.1) is 86.5 Å². The average Bonchev–Trinajstić information content (AvgIpc) is 1.46. The number of aliphatic hydroxyl groups is 5. The number of hydrogen-bond donors (Lipinski definition) is 5. The van der Waals surface area contributed by atoms with Crippen molar-refractivity contribution in [2.45, 2.75) is 306 Å². The van der Waals surface area contributed by atoms with Crippen LogP contribution in [-0.2, 0) is 47.4 Å². The Morgan fingerprint density at radius 3 is 1.31 bits per heavy atom. The lowest BCUT2D eigenvalue weighted by Crippen LogP contribution is -2.60. The molecule has 19 heteroatoms. The summed E-state index contributed by atoms with van der Waals surface area (Å²) in [6, 6.07) is 0. The predicted molar refractivity (Wildman–Crippen MR) is 406 cm³/mol. The average molecular weight is 1480 g/mol. The molecule has 0 amide bonds. The molecular formula is C86H150N4O15. The second-order valence-corrected chi connectivity index (χ2v) is 41.5. The van der Waals surface area contributed by atoms with Crippen molar-refractivity contribution in [1.29, 1.82) is 0 Å². The smallest absolute Gasteiger partial charge is 0.303 e. The van der Waals surface area contributed by atoms with Gasteiger partial charge in [0, 0.05) is 111 Å². The van der Waals surface area contributed by atoms with Gasteiger partial charge >= 0.3 is 5.97 Å². The Bertz CT molecular complexity index is 3050. The molecule has 16 aliphatic rings. The van der Waals surface area contributed by atoms with E-state index in [0.29, 0.717) is 46.8 Å². The summed E-state index contributed by atoms with van der Waals surface area (Å²) in [6.45, 7) is 48.3. The lowest BCUT2D eigenvalue weighted by atomic mass is 9.41. The first-order chi connectivity index (χ1) is 48.4. The molecule has 28 atom stereocenters. The first-order valence-electron chi connectivity index (χ1n) is 41.8. The largest absolute Gasteiger partial charge is 0.457 e. The van der Waals surface area contributed by atoms with Gasteiger partial charge in [-0.1, -0.05) is 84.1 Å². The molecule has 6 saturated heterocycles. The standard InChI is InChI=1S/C43H72N2O8.C41H70N2O7.2CH4/c1-26-20-29(37(39(5,6)48)51-27(2)46)52-35-34(26)40(7)14-15-43-25-42(43)13-12-32(38(3,4)30(42)10-11-31(43)41(40,8)36(35)47)53-33-24-45(17-19-50-33)23-28-21-44(22-28)16-18-49-9;1-25-19-27(34(44)37(4,5)46)49-33-32(25)38(6)13-14-41-24-40(41)12-11-30(36(2,3)28(40)9-10-29(41)39(38,7)35(33)45)50-31-23-43(16-18-48-31)22-26-20-42(21-26)15-17-47-8;;/h26,28-37,47-48H,10-25H2,1-9H3;25-35,44-46H,9-24H2,1-8H3;2*1H4/t26-,29?,30+,31?,32+,33+,34+,35?,36+,37+,40-,41-,42?,43+;25-,27?,28+,29?,30+,31+,32+,33?,34+,35+,38-,39-,40?,41+;;/m11../s1. The number of carbonyl (C=O) groups is 1. The number of morpholine rings is 2. The van der Waals surface area contributed by atoms with E-state index in [0.717, 1.165) is 149 Å². The van der Waals surface area contributed by atoms with Gasteiger partial charge in [-0.25, -0.2) is 0 Å². The molecule has 6 aliphatic heterocycles. The summed E-state index contributed by atoms with van der Waals surface area (Å²) in [6.07, 6.45) is 13.6. The first kappa shape index (κ1) is 81.8. The molecule has 0 aromatic heterocycles. The third-order valence-corrected chi connectivity index (χ3v) is 35.1. The maximum atomic E-state index is 12.6. The number of nitrogens with zero attached hydrogens (tertiary/aromatic N) is 4. The lowest BCUT2D eigenvalue weighted by molar-refractivity contribution is -0.250. The molecule has 105 heavy (non-hydrogen) atoms. The minimum Gasteiger partial charge on any atom is -0.457 e. The van der Waals surface area contributed by atoms with Gasteiger partial charge in [-0.15, -0.1) is 0 Å². The van der Waals surface area contributed by atoms with E-state index in [2.05, 4.69) is 88.8 Å². The Morgan fingerprint density at radius 1 is 0.533 bits per heavy atom. The molecule has 0 aromatic carbocycles. The van der Waals surface area contributed by atoms with Crippen LogP contribution in [0.1, 0.15) is 221 Å². The molecule has 4 spiro atoms. The highest BCUT2D eigenvalue weighted by Crippen LogP contribution is 2.91. The van der Waals surface area contributed by atoms with Crippen LogP contribution in [0.15, 0.2) is 0 Å². The fraction of sp³-hybridized carbons (Fsp3) is 0.988. The van der Waals surface area contributed by atoms with Crippen molar-refractivity contribution in [3.8, 4) is 0 Å². The van der Waals surface area contributed by atoms with E-state index >= 15 is 0 Å². The Kier molecular flexibility index (Phi) is 22.3. The number of likely N-dealkylation sites (tertiary alicyclic amines) is 2. The highest BCUT2D eigenvalue weighted by atomic mass is 16.7. The van der Waals surface area contributed by atoms with Crippen molar-refractivity contribution < 1.29 is 73.0 Å². The minimum atomic E-state index is -1.25. The van der Waals surface area contributed by atoms with Crippen LogP contribution in [0.5, 0.6) is 0 Å². The quantitative estimate of drug-likeness (QED) is 0.0761. The molecule has 6 heterocycles. The van der Waals surface area contributed by atoms with Crippen LogP contribution >= 0.6 is 0 Å². The van der Waals surface area contributed by atoms with Gasteiger partial charge in [0.25, 0.3) is 0 Å². The summed E-state index contributed by atoms with van der Waals surface area (Å²) in [4.78, 5) is 22.3.